The van der Waals surface area contributed by atoms with Gasteiger partial charge < -0.3 is 5.11 Å². The predicted molar refractivity (Wildman–Crippen MR) is 57.6 cm³/mol. The van der Waals surface area contributed by atoms with Crippen LogP contribution in [-0.4, -0.2) is 5.11 Å². The molecule has 1 aromatic rings. The first-order chi connectivity index (χ1) is 6.18. The molecule has 0 amide bonds. The van der Waals surface area contributed by atoms with Crippen LogP contribution in [-0.2, 0) is 0 Å². The van der Waals surface area contributed by atoms with E-state index >= 15 is 0 Å². The number of hydrogen-bond donors (Lipinski definition) is 1. The summed E-state index contributed by atoms with van der Waals surface area (Å²) in [5.41, 5.74) is 3.66. The summed E-state index contributed by atoms with van der Waals surface area (Å²) < 4.78 is 1.01. The Bertz CT molecular complexity index is 374. The molecule has 0 atom stereocenters. The van der Waals surface area contributed by atoms with Crippen molar-refractivity contribution in [2.75, 3.05) is 0 Å². The molecule has 1 saturated carbocycles. The van der Waals surface area contributed by atoms with Crippen LogP contribution in [0.15, 0.2) is 28.2 Å². The number of rotatable bonds is 1. The van der Waals surface area contributed by atoms with Gasteiger partial charge in [0.2, 0.25) is 0 Å². The van der Waals surface area contributed by atoms with Gasteiger partial charge in [-0.25, -0.2) is 0 Å². The fourth-order valence-electron chi connectivity index (χ4n) is 1.44. The van der Waals surface area contributed by atoms with Crippen molar-refractivity contribution in [3.8, 4) is 5.75 Å². The molecule has 1 fully saturated rings. The van der Waals surface area contributed by atoms with Crippen molar-refractivity contribution < 1.29 is 5.11 Å². The van der Waals surface area contributed by atoms with E-state index in [0.29, 0.717) is 5.75 Å². The molecule has 2 heteroatoms. The molecule has 2 rings (SSSR count). The Labute approximate surface area is 86.2 Å². The molecule has 13 heavy (non-hydrogen) atoms. The second-order valence-electron chi connectivity index (χ2n) is 3.39. The molecule has 0 spiro atoms. The Hall–Kier alpha value is -0.760. The second kappa shape index (κ2) is 3.18. The molecule has 0 unspecified atom stereocenters. The molecule has 68 valence electrons. The zero-order valence-electron chi connectivity index (χ0n) is 7.47. The molecule has 1 aromatic carbocycles. The van der Waals surface area contributed by atoms with Crippen LogP contribution in [0.2, 0.25) is 0 Å². The minimum atomic E-state index is 0.375. The monoisotopic (exact) mass is 238 g/mol. The smallest absolute Gasteiger partial charge is 0.123 e. The van der Waals surface area contributed by atoms with Crippen molar-refractivity contribution in [1.82, 2.24) is 0 Å². The topological polar surface area (TPSA) is 20.2 Å². The first kappa shape index (κ1) is 8.82. The van der Waals surface area contributed by atoms with Crippen LogP contribution in [0.1, 0.15) is 25.3 Å². The lowest BCUT2D eigenvalue weighted by Gasteiger charge is -2.04. The Morgan fingerprint density at radius 2 is 2.08 bits per heavy atom. The highest BCUT2D eigenvalue weighted by molar-refractivity contribution is 9.10. The quantitative estimate of drug-likeness (QED) is 0.791. The van der Waals surface area contributed by atoms with Gasteiger partial charge in [-0.05, 0) is 43.5 Å². The largest absolute Gasteiger partial charge is 0.507 e. The summed E-state index contributed by atoms with van der Waals surface area (Å²) in [6, 6.07) is 5.55. The van der Waals surface area contributed by atoms with Gasteiger partial charge in [-0.3, -0.25) is 0 Å². The highest BCUT2D eigenvalue weighted by Gasteiger charge is 2.17. The summed E-state index contributed by atoms with van der Waals surface area (Å²) in [7, 11) is 0. The Morgan fingerprint density at radius 1 is 1.38 bits per heavy atom. The van der Waals surface area contributed by atoms with Crippen molar-refractivity contribution in [3.63, 3.8) is 0 Å². The first-order valence-corrected chi connectivity index (χ1v) is 5.15. The van der Waals surface area contributed by atoms with Gasteiger partial charge in [0.15, 0.2) is 0 Å². The normalized spacial score (nSPS) is 14.5. The van der Waals surface area contributed by atoms with E-state index in [9.17, 15) is 5.11 Å². The van der Waals surface area contributed by atoms with E-state index in [1.54, 1.807) is 6.07 Å². The molecule has 0 aromatic heterocycles. The first-order valence-electron chi connectivity index (χ1n) is 4.36. The van der Waals surface area contributed by atoms with Crippen LogP contribution in [0.4, 0.5) is 0 Å². The van der Waals surface area contributed by atoms with E-state index in [0.717, 1.165) is 10.0 Å². The van der Waals surface area contributed by atoms with Gasteiger partial charge in [0.25, 0.3) is 0 Å². The van der Waals surface area contributed by atoms with Gasteiger partial charge in [0.1, 0.15) is 5.75 Å². The average Bonchev–Trinajstić information content (AvgIpc) is 2.91. The summed E-state index contributed by atoms with van der Waals surface area (Å²) in [5, 5.41) is 9.63. The van der Waals surface area contributed by atoms with Gasteiger partial charge in [0, 0.05) is 10.0 Å². The minimum absolute atomic E-state index is 0.375. The number of benzene rings is 1. The Kier molecular flexibility index (Phi) is 2.16. The Balaban J connectivity index is 2.50. The maximum absolute atomic E-state index is 9.63. The van der Waals surface area contributed by atoms with Gasteiger partial charge in [-0.2, -0.15) is 0 Å². The molecular weight excluding hydrogens is 228 g/mol. The van der Waals surface area contributed by atoms with Crippen LogP contribution in [0.3, 0.4) is 0 Å². The molecule has 0 bridgehead atoms. The van der Waals surface area contributed by atoms with E-state index in [2.05, 4.69) is 22.9 Å². The lowest BCUT2D eigenvalue weighted by molar-refractivity contribution is 0.473. The molecular formula is C11H11BrO. The summed E-state index contributed by atoms with van der Waals surface area (Å²) >= 11 is 3.40. The molecule has 1 nitrogen and oxygen atoms in total. The summed E-state index contributed by atoms with van der Waals surface area (Å²) in [5.74, 6) is 0.375. The number of halogens is 1. The van der Waals surface area contributed by atoms with Crippen molar-refractivity contribution in [2.24, 2.45) is 0 Å². The molecule has 1 N–H and O–H groups in total. The average molecular weight is 239 g/mol. The zero-order chi connectivity index (χ0) is 9.42. The molecule has 0 heterocycles. The third-order valence-electron chi connectivity index (χ3n) is 2.39. The van der Waals surface area contributed by atoms with Gasteiger partial charge in [0.05, 0.1) is 0 Å². The van der Waals surface area contributed by atoms with E-state index in [1.165, 1.54) is 24.0 Å². The van der Waals surface area contributed by atoms with E-state index < -0.39 is 0 Å². The van der Waals surface area contributed by atoms with Crippen molar-refractivity contribution >= 4 is 21.5 Å². The SMILES string of the molecule is CC(=C1CC1)c1cc(Br)ccc1O. The summed E-state index contributed by atoms with van der Waals surface area (Å²) in [6.07, 6.45) is 2.38. The maximum atomic E-state index is 9.63. The third-order valence-corrected chi connectivity index (χ3v) is 2.89. The molecule has 0 radical (unpaired) electrons. The van der Waals surface area contributed by atoms with E-state index in [-0.39, 0.29) is 0 Å². The second-order valence-corrected chi connectivity index (χ2v) is 4.31. The molecule has 1 aliphatic rings. The highest BCUT2D eigenvalue weighted by Crippen LogP contribution is 2.39. The van der Waals surface area contributed by atoms with Gasteiger partial charge in [-0.1, -0.05) is 21.5 Å². The number of phenolic OH excluding ortho intramolecular Hbond substituents is 1. The number of aromatic hydroxyl groups is 1. The highest BCUT2D eigenvalue weighted by atomic mass is 79.9. The van der Waals surface area contributed by atoms with Crippen molar-refractivity contribution in [1.29, 1.82) is 0 Å². The molecule has 0 aliphatic heterocycles. The lowest BCUT2D eigenvalue weighted by atomic mass is 10.1. The summed E-state index contributed by atoms with van der Waals surface area (Å²) in [6.45, 7) is 2.07. The fraction of sp³-hybridized carbons (Fsp3) is 0.273. The van der Waals surface area contributed by atoms with Crippen molar-refractivity contribution in [3.05, 3.63) is 33.8 Å². The van der Waals surface area contributed by atoms with Crippen LogP contribution in [0.5, 0.6) is 5.75 Å². The number of hydrogen-bond acceptors (Lipinski definition) is 1. The molecule has 1 aliphatic carbocycles. The zero-order valence-corrected chi connectivity index (χ0v) is 9.06. The van der Waals surface area contributed by atoms with Gasteiger partial charge in [-0.15, -0.1) is 0 Å². The molecule has 0 saturated heterocycles. The van der Waals surface area contributed by atoms with Crippen molar-refractivity contribution in [2.45, 2.75) is 19.8 Å². The third kappa shape index (κ3) is 1.78. The number of phenols is 1. The van der Waals surface area contributed by atoms with Crippen LogP contribution >= 0.6 is 15.9 Å². The van der Waals surface area contributed by atoms with Crippen LogP contribution in [0, 0.1) is 0 Å². The predicted octanol–water partition coefficient (Wildman–Crippen LogP) is 3.72. The Morgan fingerprint density at radius 3 is 2.69 bits per heavy atom. The maximum Gasteiger partial charge on any atom is 0.123 e. The van der Waals surface area contributed by atoms with Gasteiger partial charge >= 0.3 is 0 Å². The minimum Gasteiger partial charge on any atom is -0.507 e. The number of allylic oxidation sites excluding steroid dienone is 2. The summed E-state index contributed by atoms with van der Waals surface area (Å²) in [4.78, 5) is 0. The standard InChI is InChI=1S/C11H11BrO/c1-7(8-2-3-8)10-6-9(12)4-5-11(10)13/h4-6,13H,2-3H2,1H3. The van der Waals surface area contributed by atoms with Crippen LogP contribution in [0.25, 0.3) is 5.57 Å². The fourth-order valence-corrected chi connectivity index (χ4v) is 1.80. The van der Waals surface area contributed by atoms with E-state index in [4.69, 9.17) is 0 Å². The lowest BCUT2D eigenvalue weighted by Crippen LogP contribution is -1.81. The van der Waals surface area contributed by atoms with E-state index in [1.807, 2.05) is 12.1 Å². The van der Waals surface area contributed by atoms with Crippen LogP contribution < -0.4 is 0 Å².